The fraction of sp³-hybridized carbons (Fsp3) is 0.583. The summed E-state index contributed by atoms with van der Waals surface area (Å²) in [4.78, 5) is 32.2. The number of H-pyrrole nitrogens is 1. The Morgan fingerprint density at radius 3 is 3.05 bits per heavy atom. The summed E-state index contributed by atoms with van der Waals surface area (Å²) in [6.07, 6.45) is 2.98. The molecule has 7 heteroatoms. The first-order valence-electron chi connectivity index (χ1n) is 6.24. The number of likely N-dealkylation sites (tertiary alicyclic amines) is 1. The Balaban J connectivity index is 1.98. The Hall–Kier alpha value is -2.05. The molecule has 1 aliphatic rings. The van der Waals surface area contributed by atoms with Crippen LogP contribution in [-0.4, -0.2) is 47.1 Å². The van der Waals surface area contributed by atoms with Crippen LogP contribution in [0.2, 0.25) is 0 Å². The van der Waals surface area contributed by atoms with Crippen molar-refractivity contribution < 1.29 is 14.3 Å². The summed E-state index contributed by atoms with van der Waals surface area (Å²) in [5.41, 5.74) is 0.974. The fourth-order valence-corrected chi connectivity index (χ4v) is 2.27. The van der Waals surface area contributed by atoms with Gasteiger partial charge in [-0.2, -0.15) is 0 Å². The fourth-order valence-electron chi connectivity index (χ4n) is 2.27. The number of imidazole rings is 1. The number of ether oxygens (including phenoxy) is 1. The zero-order chi connectivity index (χ0) is 13.8. The molecular weight excluding hydrogens is 248 g/mol. The van der Waals surface area contributed by atoms with Gasteiger partial charge < -0.3 is 19.9 Å². The van der Waals surface area contributed by atoms with Gasteiger partial charge in [0.15, 0.2) is 0 Å². The summed E-state index contributed by atoms with van der Waals surface area (Å²) < 4.78 is 4.44. The van der Waals surface area contributed by atoms with Gasteiger partial charge in [-0.05, 0) is 19.8 Å². The van der Waals surface area contributed by atoms with Crippen molar-refractivity contribution >= 4 is 12.0 Å². The SMILES string of the molecule is COC(=O)NCC(=O)N1CCCC1c1ncc(C)[nH]1. The number of aromatic amines is 1. The van der Waals surface area contributed by atoms with Crippen LogP contribution in [-0.2, 0) is 9.53 Å². The van der Waals surface area contributed by atoms with E-state index in [9.17, 15) is 9.59 Å². The minimum absolute atomic E-state index is 0.0272. The van der Waals surface area contributed by atoms with Crippen molar-refractivity contribution in [3.63, 3.8) is 0 Å². The number of nitrogens with one attached hydrogen (secondary N) is 2. The first-order valence-corrected chi connectivity index (χ1v) is 6.24. The lowest BCUT2D eigenvalue weighted by atomic mass is 10.2. The summed E-state index contributed by atoms with van der Waals surface area (Å²) in [5, 5.41) is 2.40. The molecule has 0 bridgehead atoms. The van der Waals surface area contributed by atoms with Crippen LogP contribution in [0.5, 0.6) is 0 Å². The maximum atomic E-state index is 12.1. The van der Waals surface area contributed by atoms with E-state index in [1.54, 1.807) is 11.1 Å². The van der Waals surface area contributed by atoms with Crippen LogP contribution < -0.4 is 5.32 Å². The number of nitrogens with zero attached hydrogens (tertiary/aromatic N) is 2. The molecule has 0 aromatic carbocycles. The lowest BCUT2D eigenvalue weighted by Crippen LogP contribution is -2.40. The first-order chi connectivity index (χ1) is 9.11. The molecule has 0 aliphatic carbocycles. The summed E-state index contributed by atoms with van der Waals surface area (Å²) in [6.45, 7) is 2.56. The van der Waals surface area contributed by atoms with Crippen LogP contribution in [0.25, 0.3) is 0 Å². The lowest BCUT2D eigenvalue weighted by molar-refractivity contribution is -0.131. The number of amides is 2. The Bertz CT molecular complexity index is 471. The minimum Gasteiger partial charge on any atom is -0.453 e. The first kappa shape index (κ1) is 13.4. The maximum absolute atomic E-state index is 12.1. The van der Waals surface area contributed by atoms with Crippen molar-refractivity contribution in [1.82, 2.24) is 20.2 Å². The highest BCUT2D eigenvalue weighted by Gasteiger charge is 2.31. The highest BCUT2D eigenvalue weighted by molar-refractivity contribution is 5.82. The number of hydrogen-bond acceptors (Lipinski definition) is 4. The largest absolute Gasteiger partial charge is 0.453 e. The van der Waals surface area contributed by atoms with Crippen molar-refractivity contribution in [3.05, 3.63) is 17.7 Å². The minimum atomic E-state index is -0.599. The molecule has 1 saturated heterocycles. The molecule has 2 N–H and O–H groups in total. The quantitative estimate of drug-likeness (QED) is 0.844. The van der Waals surface area contributed by atoms with Gasteiger partial charge in [0.25, 0.3) is 0 Å². The molecule has 1 aromatic heterocycles. The molecule has 1 aromatic rings. The Labute approximate surface area is 111 Å². The second-order valence-corrected chi connectivity index (χ2v) is 4.54. The van der Waals surface area contributed by atoms with Crippen LogP contribution in [0.3, 0.4) is 0 Å². The van der Waals surface area contributed by atoms with Crippen molar-refractivity contribution in [3.8, 4) is 0 Å². The second-order valence-electron chi connectivity index (χ2n) is 4.54. The van der Waals surface area contributed by atoms with E-state index in [1.807, 2.05) is 6.92 Å². The number of carbonyl (C=O) groups is 2. The Morgan fingerprint density at radius 1 is 1.63 bits per heavy atom. The molecule has 1 aliphatic heterocycles. The van der Waals surface area contributed by atoms with Crippen molar-refractivity contribution in [2.75, 3.05) is 20.2 Å². The second kappa shape index (κ2) is 5.73. The van der Waals surface area contributed by atoms with Gasteiger partial charge in [0.2, 0.25) is 5.91 Å². The molecule has 1 unspecified atom stereocenters. The van der Waals surface area contributed by atoms with Gasteiger partial charge in [0.05, 0.1) is 13.2 Å². The standard InChI is InChI=1S/C12H18N4O3/c1-8-6-13-11(15-8)9-4-3-5-16(9)10(17)7-14-12(18)19-2/h6,9H,3-5,7H2,1-2H3,(H,13,15)(H,14,18). The Kier molecular flexibility index (Phi) is 4.03. The third kappa shape index (κ3) is 3.04. The molecule has 104 valence electrons. The summed E-state index contributed by atoms with van der Waals surface area (Å²) in [5.74, 6) is 0.684. The van der Waals surface area contributed by atoms with E-state index < -0.39 is 6.09 Å². The number of rotatable bonds is 3. The predicted octanol–water partition coefficient (Wildman–Crippen LogP) is 0.738. The van der Waals surface area contributed by atoms with E-state index in [-0.39, 0.29) is 18.5 Å². The van der Waals surface area contributed by atoms with Crippen LogP contribution >= 0.6 is 0 Å². The zero-order valence-electron chi connectivity index (χ0n) is 11.1. The number of aromatic nitrogens is 2. The van der Waals surface area contributed by atoms with Crippen LogP contribution in [0.4, 0.5) is 4.79 Å². The number of carbonyl (C=O) groups excluding carboxylic acids is 2. The van der Waals surface area contributed by atoms with Gasteiger partial charge in [0.1, 0.15) is 12.4 Å². The van der Waals surface area contributed by atoms with Crippen molar-refractivity contribution in [2.45, 2.75) is 25.8 Å². The van der Waals surface area contributed by atoms with Crippen LogP contribution in [0.1, 0.15) is 30.4 Å². The van der Waals surface area contributed by atoms with E-state index >= 15 is 0 Å². The van der Waals surface area contributed by atoms with Gasteiger partial charge in [-0.1, -0.05) is 0 Å². The monoisotopic (exact) mass is 266 g/mol. The lowest BCUT2D eigenvalue weighted by Gasteiger charge is -2.23. The number of methoxy groups -OCH3 is 1. The molecular formula is C12H18N4O3. The van der Waals surface area contributed by atoms with Crippen molar-refractivity contribution in [1.29, 1.82) is 0 Å². The predicted molar refractivity (Wildman–Crippen MR) is 67.4 cm³/mol. The summed E-state index contributed by atoms with van der Waals surface area (Å²) in [7, 11) is 1.27. The van der Waals surface area contributed by atoms with E-state index in [4.69, 9.17) is 0 Å². The molecule has 0 spiro atoms. The van der Waals surface area contributed by atoms with Crippen LogP contribution in [0.15, 0.2) is 6.20 Å². The van der Waals surface area contributed by atoms with Gasteiger partial charge in [-0.15, -0.1) is 0 Å². The number of aryl methyl sites for hydroxylation is 1. The van der Waals surface area contributed by atoms with E-state index in [2.05, 4.69) is 20.0 Å². The molecule has 0 radical (unpaired) electrons. The zero-order valence-corrected chi connectivity index (χ0v) is 11.1. The smallest absolute Gasteiger partial charge is 0.407 e. The highest BCUT2D eigenvalue weighted by atomic mass is 16.5. The average Bonchev–Trinajstić information content (AvgIpc) is 3.03. The molecule has 0 saturated carbocycles. The van der Waals surface area contributed by atoms with E-state index in [0.717, 1.165) is 24.4 Å². The maximum Gasteiger partial charge on any atom is 0.407 e. The van der Waals surface area contributed by atoms with E-state index in [1.165, 1.54) is 7.11 Å². The van der Waals surface area contributed by atoms with Gasteiger partial charge in [-0.3, -0.25) is 4.79 Å². The third-order valence-electron chi connectivity index (χ3n) is 3.18. The Morgan fingerprint density at radius 2 is 2.42 bits per heavy atom. The molecule has 1 fully saturated rings. The van der Waals surface area contributed by atoms with E-state index in [0.29, 0.717) is 6.54 Å². The van der Waals surface area contributed by atoms with Gasteiger partial charge in [-0.25, -0.2) is 9.78 Å². The molecule has 7 nitrogen and oxygen atoms in total. The highest BCUT2D eigenvalue weighted by Crippen LogP contribution is 2.29. The number of alkyl carbamates (subject to hydrolysis) is 1. The third-order valence-corrected chi connectivity index (χ3v) is 3.18. The van der Waals surface area contributed by atoms with Gasteiger partial charge >= 0.3 is 6.09 Å². The molecule has 2 rings (SSSR count). The molecule has 2 heterocycles. The van der Waals surface area contributed by atoms with Gasteiger partial charge in [0, 0.05) is 18.4 Å². The normalized spacial score (nSPS) is 18.4. The summed E-state index contributed by atoms with van der Waals surface area (Å²) in [6, 6.07) is -0.0272. The molecule has 19 heavy (non-hydrogen) atoms. The van der Waals surface area contributed by atoms with Crippen molar-refractivity contribution in [2.24, 2.45) is 0 Å². The summed E-state index contributed by atoms with van der Waals surface area (Å²) >= 11 is 0. The average molecular weight is 266 g/mol. The number of hydrogen-bond donors (Lipinski definition) is 2. The van der Waals surface area contributed by atoms with Crippen LogP contribution in [0, 0.1) is 6.92 Å². The topological polar surface area (TPSA) is 87.3 Å². The molecule has 2 amide bonds. The molecule has 1 atom stereocenters.